The second-order valence-corrected chi connectivity index (χ2v) is 8.45. The number of nitriles is 1. The topological polar surface area (TPSA) is 95.3 Å². The van der Waals surface area contributed by atoms with Crippen molar-refractivity contribution in [3.63, 3.8) is 0 Å². The smallest absolute Gasteiger partial charge is 0.344 e. The van der Waals surface area contributed by atoms with E-state index >= 15 is 0 Å². The molecule has 1 atom stereocenters. The summed E-state index contributed by atoms with van der Waals surface area (Å²) in [5.74, 6) is -1.87. The molecule has 9 heteroatoms. The summed E-state index contributed by atoms with van der Waals surface area (Å²) in [6.45, 7) is 3.26. The number of rotatable bonds is 6. The van der Waals surface area contributed by atoms with E-state index in [2.05, 4.69) is 16.1 Å². The Balaban J connectivity index is 1.94. The summed E-state index contributed by atoms with van der Waals surface area (Å²) in [6, 6.07) is 11.5. The van der Waals surface area contributed by atoms with Crippen LogP contribution in [-0.2, 0) is 23.8 Å². The lowest BCUT2D eigenvalue weighted by atomic mass is 9.87. The number of nitrogens with zero attached hydrogens (tertiary/aromatic N) is 4. The average molecular weight is 467 g/mol. The highest BCUT2D eigenvalue weighted by atomic mass is 16.5. The van der Waals surface area contributed by atoms with Crippen LogP contribution in [0.25, 0.3) is 0 Å². The molecule has 0 aliphatic carbocycles. The molecule has 0 radical (unpaired) electrons. The Morgan fingerprint density at radius 3 is 1.97 bits per heavy atom. The number of carbonyl (C=O) groups excluding carboxylic acids is 2. The number of benzene rings is 1. The summed E-state index contributed by atoms with van der Waals surface area (Å²) in [5.41, 5.74) is 0.737. The van der Waals surface area contributed by atoms with Crippen molar-refractivity contribution in [1.82, 2.24) is 15.1 Å². The third-order valence-corrected chi connectivity index (χ3v) is 6.45. The predicted octanol–water partition coefficient (Wildman–Crippen LogP) is 2.50. The molecule has 3 heterocycles. The first-order chi connectivity index (χ1) is 16.6. The van der Waals surface area contributed by atoms with Crippen molar-refractivity contribution in [3.05, 3.63) is 58.5 Å². The lowest BCUT2D eigenvalue weighted by molar-refractivity contribution is -0.174. The minimum atomic E-state index is -0.774. The second kappa shape index (κ2) is 10.7. The fourth-order valence-electron chi connectivity index (χ4n) is 4.79. The number of ether oxygens (including phenoxy) is 3. The average Bonchev–Trinajstić information content (AvgIpc) is 3.57. The van der Waals surface area contributed by atoms with E-state index in [0.717, 1.165) is 57.4 Å². The van der Waals surface area contributed by atoms with Crippen LogP contribution in [0.3, 0.4) is 0 Å². The van der Waals surface area contributed by atoms with Crippen molar-refractivity contribution >= 4 is 11.9 Å². The fraction of sp³-hybridized carbons (Fsp3) is 0.480. The SMILES string of the molecule is COC(=O)C1=C(C#N)C(c2ccccc2)COC(N(N2CCCC2)N2CCCC2)=C1C(=O)OC. The molecule has 1 aromatic rings. The van der Waals surface area contributed by atoms with Crippen molar-refractivity contribution in [2.45, 2.75) is 31.6 Å². The summed E-state index contributed by atoms with van der Waals surface area (Å²) < 4.78 is 16.6. The lowest BCUT2D eigenvalue weighted by Crippen LogP contribution is -2.51. The maximum Gasteiger partial charge on any atom is 0.344 e. The minimum Gasteiger partial charge on any atom is -0.476 e. The minimum absolute atomic E-state index is 0.0804. The Hall–Kier alpha value is -3.35. The van der Waals surface area contributed by atoms with Crippen LogP contribution in [0.4, 0.5) is 0 Å². The Bertz CT molecular complexity index is 1000. The van der Waals surface area contributed by atoms with Gasteiger partial charge < -0.3 is 14.2 Å². The van der Waals surface area contributed by atoms with Gasteiger partial charge in [-0.05, 0) is 31.2 Å². The van der Waals surface area contributed by atoms with Gasteiger partial charge in [-0.2, -0.15) is 5.26 Å². The van der Waals surface area contributed by atoms with Gasteiger partial charge >= 0.3 is 11.9 Å². The molecule has 180 valence electrons. The molecule has 4 rings (SSSR count). The molecule has 0 bridgehead atoms. The number of carbonyl (C=O) groups is 2. The first-order valence-corrected chi connectivity index (χ1v) is 11.6. The summed E-state index contributed by atoms with van der Waals surface area (Å²) in [6.07, 6.45) is 4.06. The molecule has 1 aromatic carbocycles. The van der Waals surface area contributed by atoms with E-state index < -0.39 is 17.9 Å². The van der Waals surface area contributed by atoms with Crippen LogP contribution < -0.4 is 0 Å². The number of methoxy groups -OCH3 is 2. The van der Waals surface area contributed by atoms with Gasteiger partial charge in [-0.1, -0.05) is 30.3 Å². The molecule has 0 spiro atoms. The van der Waals surface area contributed by atoms with Gasteiger partial charge in [0, 0.05) is 26.2 Å². The molecule has 0 N–H and O–H groups in total. The zero-order valence-corrected chi connectivity index (χ0v) is 19.7. The maximum absolute atomic E-state index is 13.2. The molecule has 3 aliphatic heterocycles. The van der Waals surface area contributed by atoms with Crippen molar-refractivity contribution < 1.29 is 23.8 Å². The summed E-state index contributed by atoms with van der Waals surface area (Å²) in [4.78, 5) is 26.4. The van der Waals surface area contributed by atoms with E-state index in [-0.39, 0.29) is 29.2 Å². The molecule has 2 saturated heterocycles. The highest BCUT2D eigenvalue weighted by molar-refractivity contribution is 6.08. The van der Waals surface area contributed by atoms with Gasteiger partial charge in [0.15, 0.2) is 0 Å². The Labute approximate surface area is 199 Å². The van der Waals surface area contributed by atoms with Crippen LogP contribution in [0, 0.1) is 11.3 Å². The third kappa shape index (κ3) is 4.52. The van der Waals surface area contributed by atoms with Crippen molar-refractivity contribution in [2.24, 2.45) is 0 Å². The number of hydrogen-bond acceptors (Lipinski definition) is 9. The van der Waals surface area contributed by atoms with E-state index in [4.69, 9.17) is 14.2 Å². The van der Waals surface area contributed by atoms with E-state index in [1.807, 2.05) is 35.4 Å². The normalized spacial score (nSPS) is 21.6. The third-order valence-electron chi connectivity index (χ3n) is 6.45. The van der Waals surface area contributed by atoms with Gasteiger partial charge in [-0.25, -0.2) is 24.7 Å². The summed E-state index contributed by atoms with van der Waals surface area (Å²) >= 11 is 0. The van der Waals surface area contributed by atoms with Crippen LogP contribution in [-0.4, -0.2) is 74.1 Å². The second-order valence-electron chi connectivity index (χ2n) is 8.45. The van der Waals surface area contributed by atoms with Crippen molar-refractivity contribution in [1.29, 1.82) is 5.26 Å². The standard InChI is InChI=1S/C25H30N4O5/c1-32-24(30)21-19(16-26)20(18-10-4-3-5-11-18)17-34-23(22(21)25(31)33-2)29(27-12-6-7-13-27)28-14-8-9-15-28/h3-5,10-11,20H,6-9,12-15,17H2,1-2H3. The molecular formula is C25H30N4O5. The largest absolute Gasteiger partial charge is 0.476 e. The highest BCUT2D eigenvalue weighted by Crippen LogP contribution is 2.38. The van der Waals surface area contributed by atoms with Crippen LogP contribution in [0.15, 0.2) is 52.9 Å². The number of esters is 2. The summed E-state index contributed by atoms with van der Waals surface area (Å²) in [7, 11) is 2.49. The molecule has 3 aliphatic rings. The van der Waals surface area contributed by atoms with Gasteiger partial charge in [0.1, 0.15) is 12.2 Å². The van der Waals surface area contributed by atoms with Crippen molar-refractivity contribution in [2.75, 3.05) is 47.0 Å². The van der Waals surface area contributed by atoms with Gasteiger partial charge in [-0.3, -0.25) is 0 Å². The number of hydrogen-bond donors (Lipinski definition) is 0. The van der Waals surface area contributed by atoms with E-state index in [0.29, 0.717) is 0 Å². The first kappa shape index (κ1) is 23.8. The predicted molar refractivity (Wildman–Crippen MR) is 122 cm³/mol. The first-order valence-electron chi connectivity index (χ1n) is 11.6. The molecule has 0 amide bonds. The van der Waals surface area contributed by atoms with Crippen LogP contribution in [0.2, 0.25) is 0 Å². The van der Waals surface area contributed by atoms with Gasteiger partial charge in [0.25, 0.3) is 0 Å². The number of hydrazine groups is 2. The molecule has 34 heavy (non-hydrogen) atoms. The Morgan fingerprint density at radius 2 is 1.47 bits per heavy atom. The quantitative estimate of drug-likeness (QED) is 0.586. The van der Waals surface area contributed by atoms with Gasteiger partial charge in [0.2, 0.25) is 5.88 Å². The monoisotopic (exact) mass is 466 g/mol. The van der Waals surface area contributed by atoms with Gasteiger partial charge in [-0.15, -0.1) is 0 Å². The van der Waals surface area contributed by atoms with Crippen LogP contribution in [0.5, 0.6) is 0 Å². The molecule has 0 saturated carbocycles. The van der Waals surface area contributed by atoms with E-state index in [1.54, 1.807) is 0 Å². The molecular weight excluding hydrogens is 436 g/mol. The zero-order chi connectivity index (χ0) is 24.1. The van der Waals surface area contributed by atoms with E-state index in [1.165, 1.54) is 14.2 Å². The maximum atomic E-state index is 13.2. The zero-order valence-electron chi connectivity index (χ0n) is 19.7. The Morgan fingerprint density at radius 1 is 0.941 bits per heavy atom. The Kier molecular flexibility index (Phi) is 7.50. The molecule has 9 nitrogen and oxygen atoms in total. The molecule has 1 unspecified atom stereocenters. The van der Waals surface area contributed by atoms with Crippen LogP contribution in [0.1, 0.15) is 37.2 Å². The van der Waals surface area contributed by atoms with E-state index in [9.17, 15) is 14.9 Å². The summed E-state index contributed by atoms with van der Waals surface area (Å²) in [5, 5.41) is 16.4. The molecule has 0 aromatic heterocycles. The van der Waals surface area contributed by atoms with Gasteiger partial charge in [0.05, 0.1) is 37.4 Å². The lowest BCUT2D eigenvalue weighted by Gasteiger charge is -2.41. The molecule has 2 fully saturated rings. The van der Waals surface area contributed by atoms with Crippen molar-refractivity contribution in [3.8, 4) is 6.07 Å². The highest BCUT2D eigenvalue weighted by Gasteiger charge is 2.42. The van der Waals surface area contributed by atoms with Crippen LogP contribution >= 0.6 is 0 Å². The fourth-order valence-corrected chi connectivity index (χ4v) is 4.79.